The summed E-state index contributed by atoms with van der Waals surface area (Å²) in [6, 6.07) is 6.71. The number of carbonyl (C=O) groups excluding carboxylic acids is 3. The molecule has 14 nitrogen and oxygen atoms in total. The van der Waals surface area contributed by atoms with Crippen LogP contribution in [0.15, 0.2) is 35.4 Å². The number of amides is 3. The van der Waals surface area contributed by atoms with Gasteiger partial charge in [-0.15, -0.1) is 0 Å². The van der Waals surface area contributed by atoms with Gasteiger partial charge in [0.1, 0.15) is 11.1 Å². The second-order valence-corrected chi connectivity index (χ2v) is 8.12. The lowest BCUT2D eigenvalue weighted by atomic mass is 10.0. The molecule has 1 aromatic carbocycles. The molecule has 9 N–H and O–H groups in total. The van der Waals surface area contributed by atoms with Crippen LogP contribution < -0.4 is 32.7 Å². The summed E-state index contributed by atoms with van der Waals surface area (Å²) >= 11 is 0. The van der Waals surface area contributed by atoms with Crippen LogP contribution in [0.2, 0.25) is 0 Å². The molecule has 0 radical (unpaired) electrons. The molecule has 0 saturated carbocycles. The Kier molecular flexibility index (Phi) is 13.4. The fraction of sp³-hybridized carbons (Fsp3) is 0.545. The van der Waals surface area contributed by atoms with Gasteiger partial charge in [0.25, 0.3) is 11.9 Å². The van der Waals surface area contributed by atoms with E-state index in [0.29, 0.717) is 12.8 Å². The molecule has 200 valence electrons. The summed E-state index contributed by atoms with van der Waals surface area (Å²) in [7, 11) is 0. The maximum absolute atomic E-state index is 12.6. The van der Waals surface area contributed by atoms with E-state index in [1.807, 2.05) is 30.3 Å². The molecule has 0 spiro atoms. The van der Waals surface area contributed by atoms with E-state index in [2.05, 4.69) is 26.4 Å². The Labute approximate surface area is 209 Å². The monoisotopic (exact) mass is 508 g/mol. The number of rotatable bonds is 15. The van der Waals surface area contributed by atoms with Crippen LogP contribution >= 0.6 is 0 Å². The molecule has 4 atom stereocenters. The van der Waals surface area contributed by atoms with E-state index in [9.17, 15) is 29.6 Å². The van der Waals surface area contributed by atoms with Crippen LogP contribution in [0, 0.1) is 10.1 Å². The Morgan fingerprint density at radius 3 is 2.36 bits per heavy atom. The zero-order valence-corrected chi connectivity index (χ0v) is 20.5. The molecule has 3 amide bonds. The van der Waals surface area contributed by atoms with E-state index < -0.39 is 52.9 Å². The first kappa shape index (κ1) is 30.3. The molecule has 0 fully saturated rings. The second-order valence-electron chi connectivity index (χ2n) is 8.12. The maximum atomic E-state index is 12.6. The standard InChI is InChI=1S/C22H36N8O6/c1-3-16(23)20(33)27-14(2)19(32)28-17(10-7-12-26-22(24)29-30(35)36)18(31)21(34)25-13-11-15-8-5-4-6-9-15/h4-6,8-9,14,16-18,31H,3,7,10-13,23H2,1-2H3,(H,25,34)(H,27,33)(H,28,32)(H3,24,26,29)/t14-,16+,17-,18?/m0/s1. The minimum atomic E-state index is -1.59. The van der Waals surface area contributed by atoms with E-state index in [-0.39, 0.29) is 25.9 Å². The lowest BCUT2D eigenvalue weighted by molar-refractivity contribution is -0.485. The van der Waals surface area contributed by atoms with Crippen LogP contribution in [0.3, 0.4) is 0 Å². The number of hydrogen-bond acceptors (Lipinski definition) is 7. The summed E-state index contributed by atoms with van der Waals surface area (Å²) < 4.78 is 0. The molecular formula is C22H36N8O6. The van der Waals surface area contributed by atoms with Gasteiger partial charge >= 0.3 is 0 Å². The maximum Gasteiger partial charge on any atom is 0.266 e. The molecule has 0 saturated heterocycles. The quantitative estimate of drug-likeness (QED) is 0.0470. The van der Waals surface area contributed by atoms with Crippen LogP contribution in [0.4, 0.5) is 0 Å². The van der Waals surface area contributed by atoms with Crippen molar-refractivity contribution in [2.75, 3.05) is 13.1 Å². The van der Waals surface area contributed by atoms with Crippen molar-refractivity contribution in [3.63, 3.8) is 0 Å². The van der Waals surface area contributed by atoms with E-state index in [1.54, 1.807) is 6.92 Å². The van der Waals surface area contributed by atoms with Crippen LogP contribution in [0.5, 0.6) is 0 Å². The highest BCUT2D eigenvalue weighted by Crippen LogP contribution is 2.05. The topological polar surface area (TPSA) is 227 Å². The fourth-order valence-corrected chi connectivity index (χ4v) is 3.11. The third kappa shape index (κ3) is 11.6. The predicted octanol–water partition coefficient (Wildman–Crippen LogP) is -1.69. The summed E-state index contributed by atoms with van der Waals surface area (Å²) in [6.45, 7) is 3.59. The number of aliphatic hydroxyl groups is 1. The highest BCUT2D eigenvalue weighted by atomic mass is 16.7. The molecule has 0 bridgehead atoms. The highest BCUT2D eigenvalue weighted by Gasteiger charge is 2.29. The first-order valence-electron chi connectivity index (χ1n) is 11.6. The van der Waals surface area contributed by atoms with Crippen molar-refractivity contribution in [1.82, 2.24) is 21.3 Å². The minimum absolute atomic E-state index is 0.118. The molecule has 0 aliphatic rings. The van der Waals surface area contributed by atoms with Crippen molar-refractivity contribution < 1.29 is 24.5 Å². The number of nitrogens with zero attached hydrogens (tertiary/aromatic N) is 2. The van der Waals surface area contributed by atoms with Crippen molar-refractivity contribution >= 4 is 23.7 Å². The average molecular weight is 509 g/mol. The first-order chi connectivity index (χ1) is 17.0. The van der Waals surface area contributed by atoms with Gasteiger partial charge in [0.2, 0.25) is 11.8 Å². The van der Waals surface area contributed by atoms with E-state index in [4.69, 9.17) is 11.5 Å². The Morgan fingerprint density at radius 1 is 1.08 bits per heavy atom. The fourth-order valence-electron chi connectivity index (χ4n) is 3.11. The van der Waals surface area contributed by atoms with Crippen LogP contribution in [0.1, 0.15) is 38.7 Å². The molecule has 0 heterocycles. The molecule has 14 heteroatoms. The summed E-state index contributed by atoms with van der Waals surface area (Å²) in [6.07, 6.45) is -0.256. The number of carbonyl (C=O) groups is 3. The Morgan fingerprint density at radius 2 is 1.75 bits per heavy atom. The van der Waals surface area contributed by atoms with Crippen LogP contribution in [0.25, 0.3) is 0 Å². The van der Waals surface area contributed by atoms with E-state index in [0.717, 1.165) is 5.56 Å². The predicted molar refractivity (Wildman–Crippen MR) is 133 cm³/mol. The summed E-state index contributed by atoms with van der Waals surface area (Å²) in [5.74, 6) is -2.19. The number of nitro groups is 1. The molecule has 0 aliphatic carbocycles. The Bertz CT molecular complexity index is 898. The Balaban J connectivity index is 2.75. The van der Waals surface area contributed by atoms with Gasteiger partial charge in [0.15, 0.2) is 11.1 Å². The van der Waals surface area contributed by atoms with Gasteiger partial charge < -0.3 is 37.8 Å². The number of nitrogens with one attached hydrogen (secondary N) is 4. The van der Waals surface area contributed by atoms with Crippen LogP contribution in [-0.4, -0.2) is 71.1 Å². The number of benzene rings is 1. The Hall–Kier alpha value is -3.78. The van der Waals surface area contributed by atoms with Gasteiger partial charge in [-0.25, -0.2) is 10.1 Å². The summed E-state index contributed by atoms with van der Waals surface area (Å²) in [4.78, 5) is 47.6. The third-order valence-corrected chi connectivity index (χ3v) is 5.25. The minimum Gasteiger partial charge on any atom is -0.381 e. The van der Waals surface area contributed by atoms with Crippen molar-refractivity contribution in [3.05, 3.63) is 46.0 Å². The SMILES string of the molecule is CC[C@@H](N)C(=O)N[C@@H](C)C(=O)N[C@@H](CCCN/C(N)=N\[N+](=O)[O-])C(O)C(=O)NCCc1ccccc1. The lowest BCUT2D eigenvalue weighted by Gasteiger charge is -2.26. The molecule has 1 aromatic rings. The second kappa shape index (κ2) is 16.0. The number of nitrogens with two attached hydrogens (primary N) is 2. The van der Waals surface area contributed by atoms with Crippen molar-refractivity contribution in [2.24, 2.45) is 16.6 Å². The van der Waals surface area contributed by atoms with E-state index in [1.165, 1.54) is 6.92 Å². The summed E-state index contributed by atoms with van der Waals surface area (Å²) in [5.41, 5.74) is 12.0. The van der Waals surface area contributed by atoms with Crippen molar-refractivity contribution in [1.29, 1.82) is 0 Å². The smallest absolute Gasteiger partial charge is 0.266 e. The van der Waals surface area contributed by atoms with Gasteiger partial charge in [-0.1, -0.05) is 37.3 Å². The van der Waals surface area contributed by atoms with Gasteiger partial charge in [0, 0.05) is 13.1 Å². The molecule has 0 aliphatic heterocycles. The summed E-state index contributed by atoms with van der Waals surface area (Å²) in [5, 5.41) is 33.2. The van der Waals surface area contributed by atoms with E-state index >= 15 is 0 Å². The van der Waals surface area contributed by atoms with Crippen LogP contribution in [-0.2, 0) is 20.8 Å². The lowest BCUT2D eigenvalue weighted by Crippen LogP contribution is -2.56. The first-order valence-corrected chi connectivity index (χ1v) is 11.6. The molecule has 0 aromatic heterocycles. The number of guanidine groups is 1. The molecule has 36 heavy (non-hydrogen) atoms. The number of hydrazone groups is 1. The van der Waals surface area contributed by atoms with Crippen molar-refractivity contribution in [3.8, 4) is 0 Å². The zero-order valence-electron chi connectivity index (χ0n) is 20.5. The van der Waals surface area contributed by atoms with Gasteiger partial charge in [-0.2, -0.15) is 0 Å². The molecular weight excluding hydrogens is 472 g/mol. The third-order valence-electron chi connectivity index (χ3n) is 5.25. The average Bonchev–Trinajstić information content (AvgIpc) is 2.84. The van der Waals surface area contributed by atoms with Gasteiger partial charge in [-0.3, -0.25) is 14.4 Å². The largest absolute Gasteiger partial charge is 0.381 e. The zero-order chi connectivity index (χ0) is 27.1. The van der Waals surface area contributed by atoms with Gasteiger partial charge in [-0.05, 0) is 38.2 Å². The van der Waals surface area contributed by atoms with Crippen molar-refractivity contribution in [2.45, 2.75) is 63.8 Å². The molecule has 1 rings (SSSR count). The highest BCUT2D eigenvalue weighted by molar-refractivity contribution is 5.90. The normalized spacial score (nSPS) is 14.6. The molecule has 1 unspecified atom stereocenters. The number of hydrogen-bond donors (Lipinski definition) is 7. The van der Waals surface area contributed by atoms with Gasteiger partial charge in [0.05, 0.1) is 12.1 Å². The number of aliphatic hydroxyl groups excluding tert-OH is 1.